The Kier molecular flexibility index (Phi) is 5.30. The zero-order chi connectivity index (χ0) is 19.4. The number of carbonyl (C=O) groups is 2. The molecule has 9 nitrogen and oxygen atoms in total. The number of rotatable bonds is 7. The van der Waals surface area contributed by atoms with E-state index in [0.29, 0.717) is 11.9 Å². The van der Waals surface area contributed by atoms with Gasteiger partial charge in [-0.1, -0.05) is 29.8 Å². The van der Waals surface area contributed by atoms with Crippen LogP contribution in [-0.2, 0) is 22.6 Å². The predicted octanol–water partition coefficient (Wildman–Crippen LogP) is 0.259. The van der Waals surface area contributed by atoms with Gasteiger partial charge < -0.3 is 10.4 Å². The summed E-state index contributed by atoms with van der Waals surface area (Å²) in [6.45, 7) is 1.60. The molecule has 0 aliphatic heterocycles. The summed E-state index contributed by atoms with van der Waals surface area (Å²) in [5, 5.41) is 19.8. The number of carboxylic acids is 1. The number of hydrogen-bond donors (Lipinski definition) is 2. The number of amides is 1. The van der Waals surface area contributed by atoms with Gasteiger partial charge in [0.25, 0.3) is 5.56 Å². The molecule has 9 heteroatoms. The van der Waals surface area contributed by atoms with Gasteiger partial charge in [-0.05, 0) is 25.0 Å². The van der Waals surface area contributed by atoms with Crippen molar-refractivity contribution in [3.63, 3.8) is 0 Å². The number of carboxylic acid groups (broad SMARTS) is 1. The van der Waals surface area contributed by atoms with Crippen LogP contribution >= 0.6 is 0 Å². The summed E-state index contributed by atoms with van der Waals surface area (Å²) in [4.78, 5) is 35.9. The number of nitrogens with one attached hydrogen (secondary N) is 1. The van der Waals surface area contributed by atoms with E-state index in [9.17, 15) is 19.5 Å². The lowest BCUT2D eigenvalue weighted by Crippen LogP contribution is -2.38. The van der Waals surface area contributed by atoms with Gasteiger partial charge in [-0.25, -0.2) is 9.20 Å². The fourth-order valence-corrected chi connectivity index (χ4v) is 2.78. The first-order valence-electron chi connectivity index (χ1n) is 8.38. The zero-order valence-electron chi connectivity index (χ0n) is 14.7. The van der Waals surface area contributed by atoms with E-state index in [0.717, 1.165) is 15.8 Å². The number of aliphatic carboxylic acids is 1. The lowest BCUT2D eigenvalue weighted by atomic mass is 9.98. The second kappa shape index (κ2) is 7.81. The van der Waals surface area contributed by atoms with Gasteiger partial charge in [0.1, 0.15) is 18.4 Å². The smallest absolute Gasteiger partial charge is 0.308 e. The Labute approximate surface area is 154 Å². The van der Waals surface area contributed by atoms with Crippen LogP contribution in [-0.4, -0.2) is 42.9 Å². The van der Waals surface area contributed by atoms with Crippen molar-refractivity contribution in [3.8, 4) is 0 Å². The first-order valence-corrected chi connectivity index (χ1v) is 8.38. The average Bonchev–Trinajstić information content (AvgIpc) is 3.10. The molecule has 0 fully saturated rings. The molecule has 0 aliphatic carbocycles. The Balaban J connectivity index is 1.62. The van der Waals surface area contributed by atoms with E-state index in [-0.39, 0.29) is 13.1 Å². The van der Waals surface area contributed by atoms with Crippen LogP contribution in [0.25, 0.3) is 5.52 Å². The largest absolute Gasteiger partial charge is 0.481 e. The van der Waals surface area contributed by atoms with Crippen LogP contribution in [0.1, 0.15) is 11.1 Å². The topological polar surface area (TPSA) is 119 Å². The van der Waals surface area contributed by atoms with Crippen molar-refractivity contribution in [1.82, 2.24) is 24.7 Å². The minimum Gasteiger partial charge on any atom is -0.481 e. The molecule has 3 aromatic rings. The SMILES string of the molecule is Cc1cccc(CC(CNC(=O)Cn2ncn3nccc3c2=O)C(=O)O)c1. The van der Waals surface area contributed by atoms with Crippen molar-refractivity contribution in [1.29, 1.82) is 0 Å². The van der Waals surface area contributed by atoms with E-state index in [4.69, 9.17) is 0 Å². The number of carbonyl (C=O) groups excluding carboxylic acids is 1. The van der Waals surface area contributed by atoms with Crippen LogP contribution in [0.3, 0.4) is 0 Å². The molecule has 1 amide bonds. The maximum absolute atomic E-state index is 12.2. The lowest BCUT2D eigenvalue weighted by molar-refractivity contribution is -0.141. The second-order valence-electron chi connectivity index (χ2n) is 6.29. The molecule has 3 rings (SSSR count). The molecule has 2 aromatic heterocycles. The molecule has 0 spiro atoms. The number of aromatic nitrogens is 4. The third-order valence-electron chi connectivity index (χ3n) is 4.18. The molecular formula is C18H19N5O4. The second-order valence-corrected chi connectivity index (χ2v) is 6.29. The van der Waals surface area contributed by atoms with E-state index in [1.807, 2.05) is 31.2 Å². The molecule has 2 N–H and O–H groups in total. The van der Waals surface area contributed by atoms with Gasteiger partial charge in [-0.3, -0.25) is 14.4 Å². The average molecular weight is 369 g/mol. The maximum atomic E-state index is 12.2. The summed E-state index contributed by atoms with van der Waals surface area (Å²) in [5.41, 5.74) is 1.79. The zero-order valence-corrected chi connectivity index (χ0v) is 14.7. The van der Waals surface area contributed by atoms with Gasteiger partial charge in [0, 0.05) is 6.54 Å². The highest BCUT2D eigenvalue weighted by Crippen LogP contribution is 2.11. The molecular weight excluding hydrogens is 350 g/mol. The van der Waals surface area contributed by atoms with Crippen LogP contribution in [0.5, 0.6) is 0 Å². The van der Waals surface area contributed by atoms with Crippen molar-refractivity contribution >= 4 is 17.4 Å². The van der Waals surface area contributed by atoms with Crippen molar-refractivity contribution in [2.45, 2.75) is 19.9 Å². The van der Waals surface area contributed by atoms with Gasteiger partial charge in [-0.15, -0.1) is 0 Å². The number of fused-ring (bicyclic) bond motifs is 1. The van der Waals surface area contributed by atoms with E-state index in [1.54, 1.807) is 0 Å². The van der Waals surface area contributed by atoms with Crippen LogP contribution in [0, 0.1) is 12.8 Å². The van der Waals surface area contributed by atoms with Crippen molar-refractivity contribution in [3.05, 3.63) is 64.3 Å². The summed E-state index contributed by atoms with van der Waals surface area (Å²) in [5.74, 6) is -2.24. The van der Waals surface area contributed by atoms with E-state index < -0.39 is 23.4 Å². The fourth-order valence-electron chi connectivity index (χ4n) is 2.78. The van der Waals surface area contributed by atoms with E-state index in [2.05, 4.69) is 15.5 Å². The Bertz CT molecular complexity index is 1040. The molecule has 0 saturated carbocycles. The molecule has 0 bridgehead atoms. The normalized spacial score (nSPS) is 12.0. The van der Waals surface area contributed by atoms with Crippen molar-refractivity contribution in [2.75, 3.05) is 6.54 Å². The fraction of sp³-hybridized carbons (Fsp3) is 0.278. The molecule has 0 radical (unpaired) electrons. The first kappa shape index (κ1) is 18.3. The predicted molar refractivity (Wildman–Crippen MR) is 96.3 cm³/mol. The minimum atomic E-state index is -0.993. The van der Waals surface area contributed by atoms with Gasteiger partial charge >= 0.3 is 5.97 Å². The molecule has 1 unspecified atom stereocenters. The Morgan fingerprint density at radius 3 is 2.81 bits per heavy atom. The Morgan fingerprint density at radius 1 is 1.26 bits per heavy atom. The Hall–Kier alpha value is -3.49. The van der Waals surface area contributed by atoms with Crippen LogP contribution in [0.2, 0.25) is 0 Å². The summed E-state index contributed by atoms with van der Waals surface area (Å²) in [6, 6.07) is 9.10. The molecule has 2 heterocycles. The molecule has 0 saturated heterocycles. The third-order valence-corrected chi connectivity index (χ3v) is 4.18. The Morgan fingerprint density at radius 2 is 2.07 bits per heavy atom. The van der Waals surface area contributed by atoms with Gasteiger partial charge in [0.2, 0.25) is 5.91 Å². The van der Waals surface area contributed by atoms with E-state index >= 15 is 0 Å². The third kappa shape index (κ3) is 4.38. The molecule has 140 valence electrons. The lowest BCUT2D eigenvalue weighted by Gasteiger charge is -2.14. The molecule has 0 aliphatic rings. The minimum absolute atomic E-state index is 0.0359. The van der Waals surface area contributed by atoms with Gasteiger partial charge in [0.05, 0.1) is 12.1 Å². The van der Waals surface area contributed by atoms with Crippen LogP contribution in [0.15, 0.2) is 47.7 Å². The van der Waals surface area contributed by atoms with E-state index in [1.165, 1.54) is 23.1 Å². The molecule has 27 heavy (non-hydrogen) atoms. The molecule has 1 aromatic carbocycles. The highest BCUT2D eigenvalue weighted by molar-refractivity contribution is 5.77. The summed E-state index contributed by atoms with van der Waals surface area (Å²) >= 11 is 0. The van der Waals surface area contributed by atoms with Gasteiger partial charge in [0.15, 0.2) is 0 Å². The summed E-state index contributed by atoms with van der Waals surface area (Å²) in [6.07, 6.45) is 3.10. The highest BCUT2D eigenvalue weighted by atomic mass is 16.4. The first-order chi connectivity index (χ1) is 12.9. The number of hydrogen-bond acceptors (Lipinski definition) is 5. The van der Waals surface area contributed by atoms with Crippen LogP contribution in [0.4, 0.5) is 0 Å². The van der Waals surface area contributed by atoms with Crippen LogP contribution < -0.4 is 10.9 Å². The standard InChI is InChI=1S/C18H19N5O4/c1-12-3-2-4-13(7-12)8-14(18(26)27)9-19-16(24)10-22-17(25)15-5-6-20-23(15)11-21-22/h2-7,11,14H,8-10H2,1H3,(H,19,24)(H,26,27). The molecule has 1 atom stereocenters. The van der Waals surface area contributed by atoms with Crippen molar-refractivity contribution < 1.29 is 14.7 Å². The highest BCUT2D eigenvalue weighted by Gasteiger charge is 2.19. The number of nitrogens with zero attached hydrogens (tertiary/aromatic N) is 4. The van der Waals surface area contributed by atoms with Gasteiger partial charge in [-0.2, -0.15) is 10.2 Å². The monoisotopic (exact) mass is 369 g/mol. The number of benzene rings is 1. The maximum Gasteiger partial charge on any atom is 0.308 e. The van der Waals surface area contributed by atoms with Crippen molar-refractivity contribution in [2.24, 2.45) is 5.92 Å². The summed E-state index contributed by atoms with van der Waals surface area (Å²) in [7, 11) is 0. The summed E-state index contributed by atoms with van der Waals surface area (Å²) < 4.78 is 2.34. The quantitative estimate of drug-likeness (QED) is 0.617. The number of aryl methyl sites for hydroxylation is 1.